The van der Waals surface area contributed by atoms with Crippen molar-refractivity contribution < 1.29 is 24.5 Å². The zero-order valence-corrected chi connectivity index (χ0v) is 41.1. The number of aliphatic hydroxyl groups is 2. The Morgan fingerprint density at radius 2 is 0.806 bits per heavy atom. The fourth-order valence-corrected chi connectivity index (χ4v) is 7.89. The van der Waals surface area contributed by atoms with E-state index in [2.05, 4.69) is 55.6 Å². The zero-order chi connectivity index (χ0) is 45.1. The van der Waals surface area contributed by atoms with Crippen LogP contribution in [0, 0.1) is 0 Å². The molecule has 0 aliphatic carbocycles. The van der Waals surface area contributed by atoms with Crippen molar-refractivity contribution in [2.45, 2.75) is 283 Å². The largest absolute Gasteiger partial charge is 0.466 e. The molecule has 0 aliphatic rings. The maximum Gasteiger partial charge on any atom is 0.305 e. The molecule has 362 valence electrons. The van der Waals surface area contributed by atoms with Crippen LogP contribution in [-0.2, 0) is 14.3 Å². The fraction of sp³-hybridized carbons (Fsp3) is 0.821. The molecule has 3 N–H and O–H groups in total. The van der Waals surface area contributed by atoms with Gasteiger partial charge in [-0.05, 0) is 96.3 Å². The monoisotopic (exact) mass is 870 g/mol. The molecule has 0 aromatic heterocycles. The summed E-state index contributed by atoms with van der Waals surface area (Å²) in [6.45, 7) is 4.81. The summed E-state index contributed by atoms with van der Waals surface area (Å²) in [6, 6.07) is -0.647. The minimum atomic E-state index is -0.861. The van der Waals surface area contributed by atoms with Gasteiger partial charge in [0.15, 0.2) is 0 Å². The van der Waals surface area contributed by atoms with Crippen LogP contribution in [0.15, 0.2) is 48.6 Å². The summed E-state index contributed by atoms with van der Waals surface area (Å²) in [5, 5.41) is 23.0. The highest BCUT2D eigenvalue weighted by Gasteiger charge is 2.18. The van der Waals surface area contributed by atoms with Crippen molar-refractivity contribution in [2.24, 2.45) is 0 Å². The molecule has 0 spiro atoms. The number of unbranched alkanes of at least 4 members (excludes halogenated alkanes) is 32. The molecule has 0 aromatic carbocycles. The summed E-state index contributed by atoms with van der Waals surface area (Å²) in [5.41, 5.74) is 0. The molecule has 0 heterocycles. The van der Waals surface area contributed by atoms with Gasteiger partial charge in [-0.2, -0.15) is 0 Å². The van der Waals surface area contributed by atoms with Crippen LogP contribution in [0.2, 0.25) is 0 Å². The molecule has 0 radical (unpaired) electrons. The topological polar surface area (TPSA) is 95.9 Å². The Balaban J connectivity index is 3.53. The molecule has 0 fully saturated rings. The highest BCUT2D eigenvalue weighted by molar-refractivity contribution is 5.76. The highest BCUT2D eigenvalue weighted by Crippen LogP contribution is 2.15. The first-order valence-electron chi connectivity index (χ1n) is 26.9. The third-order valence-corrected chi connectivity index (χ3v) is 12.1. The van der Waals surface area contributed by atoms with Crippen LogP contribution >= 0.6 is 0 Å². The number of hydrogen-bond donors (Lipinski definition) is 3. The fourth-order valence-electron chi connectivity index (χ4n) is 7.89. The van der Waals surface area contributed by atoms with E-state index < -0.39 is 12.1 Å². The van der Waals surface area contributed by atoms with Gasteiger partial charge < -0.3 is 20.3 Å². The molecule has 62 heavy (non-hydrogen) atoms. The van der Waals surface area contributed by atoms with Crippen LogP contribution in [0.5, 0.6) is 0 Å². The normalized spacial score (nSPS) is 13.0. The van der Waals surface area contributed by atoms with E-state index in [0.717, 1.165) is 89.9 Å². The molecule has 0 saturated heterocycles. The number of carbonyl (C=O) groups excluding carboxylic acids is 2. The van der Waals surface area contributed by atoms with E-state index >= 15 is 0 Å². The van der Waals surface area contributed by atoms with E-state index in [9.17, 15) is 19.8 Å². The molecule has 2 atom stereocenters. The second-order valence-corrected chi connectivity index (χ2v) is 18.2. The zero-order valence-electron chi connectivity index (χ0n) is 41.1. The van der Waals surface area contributed by atoms with Gasteiger partial charge in [0.1, 0.15) is 0 Å². The minimum absolute atomic E-state index is 0.0289. The van der Waals surface area contributed by atoms with Gasteiger partial charge in [0.2, 0.25) is 5.91 Å². The van der Waals surface area contributed by atoms with Crippen molar-refractivity contribution in [1.82, 2.24) is 5.32 Å². The molecule has 0 bridgehead atoms. The van der Waals surface area contributed by atoms with Crippen LogP contribution in [0.25, 0.3) is 0 Å². The molecule has 0 saturated carbocycles. The Kier molecular flexibility index (Phi) is 49.6. The quantitative estimate of drug-likeness (QED) is 0.0322. The molecule has 6 heteroatoms. The Bertz CT molecular complexity index is 1050. The van der Waals surface area contributed by atoms with Crippen LogP contribution in [0.4, 0.5) is 0 Å². The first kappa shape index (κ1) is 59.8. The van der Waals surface area contributed by atoms with Crippen molar-refractivity contribution in [3.8, 4) is 0 Å². The average Bonchev–Trinajstić information content (AvgIpc) is 3.27. The van der Waals surface area contributed by atoms with Gasteiger partial charge in [-0.1, -0.05) is 210 Å². The number of nitrogens with one attached hydrogen (secondary N) is 1. The third kappa shape index (κ3) is 47.3. The third-order valence-electron chi connectivity index (χ3n) is 12.1. The first-order valence-corrected chi connectivity index (χ1v) is 26.9. The Labute approximate surface area is 385 Å². The second kappa shape index (κ2) is 51.5. The lowest BCUT2D eigenvalue weighted by Crippen LogP contribution is -2.45. The van der Waals surface area contributed by atoms with E-state index in [1.54, 1.807) is 6.08 Å². The van der Waals surface area contributed by atoms with E-state index in [0.29, 0.717) is 19.4 Å². The Morgan fingerprint density at radius 3 is 1.27 bits per heavy atom. The lowest BCUT2D eigenvalue weighted by molar-refractivity contribution is -0.143. The van der Waals surface area contributed by atoms with Crippen LogP contribution < -0.4 is 5.32 Å². The van der Waals surface area contributed by atoms with E-state index in [1.165, 1.54) is 154 Å². The molecule has 1 amide bonds. The molecule has 6 nitrogen and oxygen atoms in total. The van der Waals surface area contributed by atoms with Crippen LogP contribution in [0.3, 0.4) is 0 Å². The van der Waals surface area contributed by atoms with Crippen LogP contribution in [0.1, 0.15) is 271 Å². The highest BCUT2D eigenvalue weighted by atomic mass is 16.5. The molecule has 0 aromatic rings. The number of hydrogen-bond acceptors (Lipinski definition) is 5. The van der Waals surface area contributed by atoms with Crippen molar-refractivity contribution in [2.75, 3.05) is 13.2 Å². The second-order valence-electron chi connectivity index (χ2n) is 18.2. The summed E-state index contributed by atoms with van der Waals surface area (Å²) in [5.74, 6) is -0.124. The number of allylic oxidation sites excluding steroid dienone is 7. The molecular weight excluding hydrogens is 767 g/mol. The van der Waals surface area contributed by atoms with E-state index in [1.807, 2.05) is 6.08 Å². The van der Waals surface area contributed by atoms with E-state index in [4.69, 9.17) is 4.74 Å². The van der Waals surface area contributed by atoms with Gasteiger partial charge in [-0.3, -0.25) is 9.59 Å². The first-order chi connectivity index (χ1) is 30.5. The standard InChI is InChI=1S/C56H103NO5/c1-3-5-7-9-11-13-15-17-19-20-21-22-23-25-30-34-38-42-46-50-56(61)62-51-47-43-39-35-31-27-26-29-33-37-41-45-49-55(60)57-53(52-58)54(59)48-44-40-36-32-28-24-18-16-14-12-10-8-6-4-2/h11,13,17,19,27,31,44,48,53-54,58-59H,3-10,12,14-16,18,20-26,28-30,32-43,45-47,49-52H2,1-2H3,(H,57,60)/b13-11-,19-17-,31-27-,48-44+. The van der Waals surface area contributed by atoms with Gasteiger partial charge in [0, 0.05) is 12.8 Å². The maximum atomic E-state index is 12.4. The van der Waals surface area contributed by atoms with Crippen LogP contribution in [-0.4, -0.2) is 47.4 Å². The lowest BCUT2D eigenvalue weighted by Gasteiger charge is -2.20. The van der Waals surface area contributed by atoms with Gasteiger partial charge >= 0.3 is 5.97 Å². The Morgan fingerprint density at radius 1 is 0.452 bits per heavy atom. The molecule has 0 rings (SSSR count). The number of carbonyl (C=O) groups is 2. The van der Waals surface area contributed by atoms with Crippen molar-refractivity contribution in [1.29, 1.82) is 0 Å². The smallest absolute Gasteiger partial charge is 0.305 e. The maximum absolute atomic E-state index is 12.4. The van der Waals surface area contributed by atoms with Gasteiger partial charge in [-0.25, -0.2) is 0 Å². The van der Waals surface area contributed by atoms with Gasteiger partial charge in [0.25, 0.3) is 0 Å². The predicted molar refractivity (Wildman–Crippen MR) is 269 cm³/mol. The number of ether oxygens (including phenoxy) is 1. The predicted octanol–water partition coefficient (Wildman–Crippen LogP) is 16.2. The molecule has 2 unspecified atom stereocenters. The summed E-state index contributed by atoms with van der Waals surface area (Å²) >= 11 is 0. The average molecular weight is 870 g/mol. The SMILES string of the molecule is CCCCC/C=C\C/C=C\CCCCCCCCCCCC(=O)OCCCCC/C=C\CCCCCCCC(=O)NC(CO)C(O)/C=C/CCCCCCCCCCCCCC. The van der Waals surface area contributed by atoms with Crippen molar-refractivity contribution >= 4 is 11.9 Å². The Hall–Kier alpha value is -2.18. The minimum Gasteiger partial charge on any atom is -0.466 e. The van der Waals surface area contributed by atoms with Crippen molar-refractivity contribution in [3.05, 3.63) is 48.6 Å². The number of esters is 1. The number of aliphatic hydroxyl groups excluding tert-OH is 2. The lowest BCUT2D eigenvalue weighted by atomic mass is 10.0. The summed E-state index contributed by atoms with van der Waals surface area (Å²) in [6.07, 6.45) is 64.0. The number of rotatable bonds is 49. The molecule has 0 aliphatic heterocycles. The van der Waals surface area contributed by atoms with E-state index in [-0.39, 0.29) is 18.5 Å². The molecular formula is C56H103NO5. The van der Waals surface area contributed by atoms with Gasteiger partial charge in [0.05, 0.1) is 25.4 Å². The summed E-state index contributed by atoms with van der Waals surface area (Å²) in [7, 11) is 0. The van der Waals surface area contributed by atoms with Crippen molar-refractivity contribution in [3.63, 3.8) is 0 Å². The van der Waals surface area contributed by atoms with Gasteiger partial charge in [-0.15, -0.1) is 0 Å². The summed E-state index contributed by atoms with van der Waals surface area (Å²) in [4.78, 5) is 24.5. The summed E-state index contributed by atoms with van der Waals surface area (Å²) < 4.78 is 5.46. The number of amides is 1.